The first kappa shape index (κ1) is 21.8. The van der Waals surface area contributed by atoms with Gasteiger partial charge in [0.15, 0.2) is 0 Å². The smallest absolute Gasteiger partial charge is 0.410 e. The molecule has 9 heteroatoms. The van der Waals surface area contributed by atoms with E-state index in [9.17, 15) is 14.0 Å². The fraction of sp³-hybridized carbons (Fsp3) is 0.227. The molecule has 162 valence electrons. The van der Waals surface area contributed by atoms with E-state index in [1.54, 1.807) is 6.92 Å². The fourth-order valence-electron chi connectivity index (χ4n) is 2.86. The summed E-state index contributed by atoms with van der Waals surface area (Å²) in [6, 6.07) is 13.4. The second-order valence-corrected chi connectivity index (χ2v) is 6.65. The Labute approximate surface area is 177 Å². The van der Waals surface area contributed by atoms with Gasteiger partial charge in [-0.15, -0.1) is 0 Å². The highest BCUT2D eigenvalue weighted by Gasteiger charge is 2.20. The molecule has 0 aliphatic carbocycles. The lowest BCUT2D eigenvalue weighted by Crippen LogP contribution is -2.35. The number of rotatable bonds is 8. The van der Waals surface area contributed by atoms with Crippen molar-refractivity contribution in [2.24, 2.45) is 0 Å². The van der Waals surface area contributed by atoms with E-state index in [-0.39, 0.29) is 18.7 Å². The van der Waals surface area contributed by atoms with E-state index in [1.807, 2.05) is 30.3 Å². The predicted octanol–water partition coefficient (Wildman–Crippen LogP) is 4.02. The van der Waals surface area contributed by atoms with Gasteiger partial charge in [0.25, 0.3) is 0 Å². The number of benzene rings is 2. The standard InChI is InChI=1S/C22H21FN2O6/c1-14-19(24-21(31-14)15-6-4-3-5-7-15)13-30-17-8-9-18(23)16(10-17)11-25(12-20(26)27)22(28)29-2/h3-10H,11-13H2,1-2H3,(H,26,27). The first-order valence-electron chi connectivity index (χ1n) is 9.35. The van der Waals surface area contributed by atoms with E-state index in [1.165, 1.54) is 18.2 Å². The van der Waals surface area contributed by atoms with Crippen molar-refractivity contribution >= 4 is 12.1 Å². The predicted molar refractivity (Wildman–Crippen MR) is 108 cm³/mol. The molecule has 1 heterocycles. The van der Waals surface area contributed by atoms with Crippen LogP contribution in [0.2, 0.25) is 0 Å². The van der Waals surface area contributed by atoms with Gasteiger partial charge in [-0.2, -0.15) is 0 Å². The van der Waals surface area contributed by atoms with Crippen molar-refractivity contribution in [2.45, 2.75) is 20.1 Å². The molecule has 31 heavy (non-hydrogen) atoms. The molecule has 2 aromatic carbocycles. The molecule has 0 bridgehead atoms. The third-order valence-electron chi connectivity index (χ3n) is 4.43. The summed E-state index contributed by atoms with van der Waals surface area (Å²) in [5, 5.41) is 8.97. The second kappa shape index (κ2) is 9.75. The quantitative estimate of drug-likeness (QED) is 0.578. The zero-order valence-electron chi connectivity index (χ0n) is 17.0. The molecule has 0 aliphatic rings. The molecule has 3 aromatic rings. The summed E-state index contributed by atoms with van der Waals surface area (Å²) >= 11 is 0. The number of ether oxygens (including phenoxy) is 2. The lowest BCUT2D eigenvalue weighted by Gasteiger charge is -2.19. The summed E-state index contributed by atoms with van der Waals surface area (Å²) in [7, 11) is 1.12. The van der Waals surface area contributed by atoms with E-state index in [0.717, 1.165) is 17.6 Å². The highest BCUT2D eigenvalue weighted by Crippen LogP contribution is 2.24. The molecule has 0 saturated heterocycles. The Hall–Kier alpha value is -3.88. The van der Waals surface area contributed by atoms with E-state index in [2.05, 4.69) is 9.72 Å². The number of aromatic nitrogens is 1. The van der Waals surface area contributed by atoms with Crippen molar-refractivity contribution in [2.75, 3.05) is 13.7 Å². The Morgan fingerprint density at radius 3 is 2.61 bits per heavy atom. The largest absolute Gasteiger partial charge is 0.487 e. The molecule has 1 N–H and O–H groups in total. The average Bonchev–Trinajstić information content (AvgIpc) is 3.14. The van der Waals surface area contributed by atoms with Gasteiger partial charge >= 0.3 is 12.1 Å². The van der Waals surface area contributed by atoms with Crippen LogP contribution in [-0.2, 0) is 22.7 Å². The Kier molecular flexibility index (Phi) is 6.86. The van der Waals surface area contributed by atoms with E-state index in [0.29, 0.717) is 23.1 Å². The number of nitrogens with zero attached hydrogens (tertiary/aromatic N) is 2. The molecule has 8 nitrogen and oxygen atoms in total. The van der Waals surface area contributed by atoms with Gasteiger partial charge in [0.1, 0.15) is 36.2 Å². The van der Waals surface area contributed by atoms with Gasteiger partial charge in [-0.3, -0.25) is 9.69 Å². The number of hydrogen-bond acceptors (Lipinski definition) is 6. The van der Waals surface area contributed by atoms with Gasteiger partial charge in [-0.25, -0.2) is 14.2 Å². The van der Waals surface area contributed by atoms with Crippen LogP contribution in [0.15, 0.2) is 52.9 Å². The fourth-order valence-corrected chi connectivity index (χ4v) is 2.86. The summed E-state index contributed by atoms with van der Waals surface area (Å²) in [5.74, 6) is -0.442. The molecule has 0 saturated carbocycles. The van der Waals surface area contributed by atoms with Crippen LogP contribution in [0.3, 0.4) is 0 Å². The van der Waals surface area contributed by atoms with Crippen LogP contribution in [0, 0.1) is 12.7 Å². The highest BCUT2D eigenvalue weighted by atomic mass is 19.1. The number of amides is 1. The third kappa shape index (κ3) is 5.59. The van der Waals surface area contributed by atoms with Crippen molar-refractivity contribution < 1.29 is 33.0 Å². The lowest BCUT2D eigenvalue weighted by molar-refractivity contribution is -0.138. The Morgan fingerprint density at radius 1 is 1.19 bits per heavy atom. The number of halogens is 1. The summed E-state index contributed by atoms with van der Waals surface area (Å²) in [4.78, 5) is 28.1. The summed E-state index contributed by atoms with van der Waals surface area (Å²) < 4.78 is 30.2. The first-order chi connectivity index (χ1) is 14.9. The third-order valence-corrected chi connectivity index (χ3v) is 4.43. The van der Waals surface area contributed by atoms with Crippen molar-refractivity contribution in [3.8, 4) is 17.2 Å². The van der Waals surface area contributed by atoms with Gasteiger partial charge < -0.3 is 19.0 Å². The zero-order chi connectivity index (χ0) is 22.4. The topological polar surface area (TPSA) is 102 Å². The van der Waals surface area contributed by atoms with E-state index >= 15 is 0 Å². The minimum atomic E-state index is -1.24. The SMILES string of the molecule is COC(=O)N(CC(=O)O)Cc1cc(OCc2nc(-c3ccccc3)oc2C)ccc1F. The summed E-state index contributed by atoms with van der Waals surface area (Å²) in [6.45, 7) is 0.943. The zero-order valence-corrected chi connectivity index (χ0v) is 17.0. The van der Waals surface area contributed by atoms with Crippen LogP contribution in [0.25, 0.3) is 11.5 Å². The number of hydrogen-bond donors (Lipinski definition) is 1. The minimum absolute atomic E-state index is 0.0864. The van der Waals surface area contributed by atoms with Gasteiger partial charge in [-0.1, -0.05) is 18.2 Å². The van der Waals surface area contributed by atoms with Gasteiger partial charge in [0.2, 0.25) is 5.89 Å². The number of carboxylic acid groups (broad SMARTS) is 1. The van der Waals surface area contributed by atoms with Crippen LogP contribution in [0.1, 0.15) is 17.0 Å². The summed E-state index contributed by atoms with van der Waals surface area (Å²) in [5.41, 5.74) is 1.51. The molecule has 1 aromatic heterocycles. The maximum absolute atomic E-state index is 14.2. The van der Waals surface area contributed by atoms with E-state index < -0.39 is 24.4 Å². The van der Waals surface area contributed by atoms with Crippen molar-refractivity contribution in [3.05, 3.63) is 71.4 Å². The average molecular weight is 428 g/mol. The molecule has 1 amide bonds. The molecule has 3 rings (SSSR count). The first-order valence-corrected chi connectivity index (χ1v) is 9.35. The van der Waals surface area contributed by atoms with Gasteiger partial charge in [-0.05, 0) is 37.3 Å². The normalized spacial score (nSPS) is 10.5. The molecule has 0 spiro atoms. The molecular formula is C22H21FN2O6. The second-order valence-electron chi connectivity index (χ2n) is 6.65. The summed E-state index contributed by atoms with van der Waals surface area (Å²) in [6.07, 6.45) is -0.875. The van der Waals surface area contributed by atoms with Crippen LogP contribution < -0.4 is 4.74 Å². The molecule has 0 fully saturated rings. The van der Waals surface area contributed by atoms with Gasteiger partial charge in [0, 0.05) is 11.1 Å². The van der Waals surface area contributed by atoms with E-state index in [4.69, 9.17) is 14.3 Å². The highest BCUT2D eigenvalue weighted by molar-refractivity contribution is 5.76. The molecule has 0 radical (unpaired) electrons. The number of carbonyl (C=O) groups excluding carboxylic acids is 1. The van der Waals surface area contributed by atoms with Crippen LogP contribution in [-0.4, -0.2) is 40.7 Å². The number of aryl methyl sites for hydroxylation is 1. The number of aliphatic carboxylic acids is 1. The number of oxazole rings is 1. The van der Waals surface area contributed by atoms with Crippen LogP contribution >= 0.6 is 0 Å². The van der Waals surface area contributed by atoms with Crippen molar-refractivity contribution in [3.63, 3.8) is 0 Å². The maximum atomic E-state index is 14.2. The Bertz CT molecular complexity index is 1070. The Balaban J connectivity index is 1.73. The van der Waals surface area contributed by atoms with Gasteiger partial charge in [0.05, 0.1) is 13.7 Å². The molecular weight excluding hydrogens is 407 g/mol. The maximum Gasteiger partial charge on any atom is 0.410 e. The van der Waals surface area contributed by atoms with Crippen LogP contribution in [0.5, 0.6) is 5.75 Å². The monoisotopic (exact) mass is 428 g/mol. The van der Waals surface area contributed by atoms with Crippen molar-refractivity contribution in [1.82, 2.24) is 9.88 Å². The molecule has 0 unspecified atom stereocenters. The van der Waals surface area contributed by atoms with Crippen molar-refractivity contribution in [1.29, 1.82) is 0 Å². The molecule has 0 aliphatic heterocycles. The minimum Gasteiger partial charge on any atom is -0.487 e. The van der Waals surface area contributed by atoms with Crippen LogP contribution in [0.4, 0.5) is 9.18 Å². The number of carbonyl (C=O) groups is 2. The Morgan fingerprint density at radius 2 is 1.94 bits per heavy atom. The lowest BCUT2D eigenvalue weighted by atomic mass is 10.2. The number of carboxylic acids is 1. The molecule has 0 atom stereocenters. The number of methoxy groups -OCH3 is 1.